The first-order valence-electron chi connectivity index (χ1n) is 9.21. The fourth-order valence-electron chi connectivity index (χ4n) is 2.88. The maximum Gasteiger partial charge on any atom is 0.344 e. The van der Waals surface area contributed by atoms with Crippen molar-refractivity contribution in [1.29, 1.82) is 0 Å². The minimum atomic E-state index is -0.616. The van der Waals surface area contributed by atoms with Crippen LogP contribution in [0.4, 0.5) is 0 Å². The van der Waals surface area contributed by atoms with E-state index in [1.165, 1.54) is 0 Å². The Morgan fingerprint density at radius 1 is 1.00 bits per heavy atom. The van der Waals surface area contributed by atoms with Crippen LogP contribution in [-0.4, -0.2) is 39.3 Å². The van der Waals surface area contributed by atoms with Crippen LogP contribution in [0.15, 0.2) is 36.4 Å². The Morgan fingerprint density at radius 3 is 2.31 bits per heavy atom. The Hall–Kier alpha value is -3.22. The van der Waals surface area contributed by atoms with Crippen LogP contribution in [-0.2, 0) is 14.3 Å². The number of amides is 1. The normalized spacial score (nSPS) is 11.3. The van der Waals surface area contributed by atoms with Gasteiger partial charge in [-0.3, -0.25) is 4.79 Å². The summed E-state index contributed by atoms with van der Waals surface area (Å²) in [5.74, 6) is 0.874. The van der Waals surface area contributed by atoms with E-state index >= 15 is 0 Å². The van der Waals surface area contributed by atoms with E-state index in [0.717, 1.165) is 16.7 Å². The second kappa shape index (κ2) is 10.4. The third-order valence-corrected chi connectivity index (χ3v) is 4.39. The van der Waals surface area contributed by atoms with Crippen molar-refractivity contribution in [3.8, 4) is 17.2 Å². The molecule has 1 N–H and O–H groups in total. The summed E-state index contributed by atoms with van der Waals surface area (Å²) in [6, 6.07) is 10.7. The molecule has 0 aliphatic heterocycles. The number of nitrogens with one attached hydrogen (secondary N) is 1. The number of benzene rings is 2. The van der Waals surface area contributed by atoms with Gasteiger partial charge in [0.05, 0.1) is 20.3 Å². The SMILES string of the molecule is COc1ccc(OC)c(C(C)NC(=O)COC(=O)COc2c(C)cccc2C)c1. The van der Waals surface area contributed by atoms with Crippen molar-refractivity contribution in [2.24, 2.45) is 0 Å². The van der Waals surface area contributed by atoms with E-state index in [1.54, 1.807) is 39.3 Å². The van der Waals surface area contributed by atoms with Gasteiger partial charge in [0.2, 0.25) is 0 Å². The summed E-state index contributed by atoms with van der Waals surface area (Å²) < 4.78 is 21.1. The van der Waals surface area contributed by atoms with Crippen molar-refractivity contribution in [3.05, 3.63) is 53.1 Å². The molecule has 0 heterocycles. The van der Waals surface area contributed by atoms with Crippen molar-refractivity contribution in [1.82, 2.24) is 5.32 Å². The largest absolute Gasteiger partial charge is 0.497 e. The van der Waals surface area contributed by atoms with Gasteiger partial charge in [-0.15, -0.1) is 0 Å². The topological polar surface area (TPSA) is 83.1 Å². The minimum Gasteiger partial charge on any atom is -0.497 e. The molecule has 1 amide bonds. The molecule has 0 aliphatic rings. The van der Waals surface area contributed by atoms with Crippen LogP contribution in [0.2, 0.25) is 0 Å². The van der Waals surface area contributed by atoms with Gasteiger partial charge in [0, 0.05) is 5.56 Å². The van der Waals surface area contributed by atoms with Crippen LogP contribution in [0.25, 0.3) is 0 Å². The molecule has 0 radical (unpaired) electrons. The number of carbonyl (C=O) groups excluding carboxylic acids is 2. The number of hydrogen-bond donors (Lipinski definition) is 1. The Kier molecular flexibility index (Phi) is 7.88. The Balaban J connectivity index is 1.85. The molecular formula is C22H27NO6. The maximum absolute atomic E-state index is 12.2. The Bertz CT molecular complexity index is 844. The van der Waals surface area contributed by atoms with E-state index in [1.807, 2.05) is 32.0 Å². The first-order valence-corrected chi connectivity index (χ1v) is 9.21. The van der Waals surface area contributed by atoms with E-state index < -0.39 is 18.5 Å². The summed E-state index contributed by atoms with van der Waals surface area (Å²) in [4.78, 5) is 24.1. The molecule has 156 valence electrons. The predicted octanol–water partition coefficient (Wildman–Crippen LogP) is 3.12. The van der Waals surface area contributed by atoms with Crippen molar-refractivity contribution in [2.45, 2.75) is 26.8 Å². The summed E-state index contributed by atoms with van der Waals surface area (Å²) in [6.45, 7) is 4.94. The number of esters is 1. The molecule has 7 heteroatoms. The highest BCUT2D eigenvalue weighted by Gasteiger charge is 2.17. The second-order valence-electron chi connectivity index (χ2n) is 6.57. The number of rotatable bonds is 9. The lowest BCUT2D eigenvalue weighted by Crippen LogP contribution is -2.32. The predicted molar refractivity (Wildman–Crippen MR) is 108 cm³/mol. The lowest BCUT2D eigenvalue weighted by Gasteiger charge is -2.18. The van der Waals surface area contributed by atoms with E-state index in [2.05, 4.69) is 5.32 Å². The van der Waals surface area contributed by atoms with Gasteiger partial charge in [0.25, 0.3) is 5.91 Å². The van der Waals surface area contributed by atoms with E-state index in [-0.39, 0.29) is 12.6 Å². The molecule has 7 nitrogen and oxygen atoms in total. The fraction of sp³-hybridized carbons (Fsp3) is 0.364. The van der Waals surface area contributed by atoms with Gasteiger partial charge >= 0.3 is 5.97 Å². The number of carbonyl (C=O) groups is 2. The molecular weight excluding hydrogens is 374 g/mol. The summed E-state index contributed by atoms with van der Waals surface area (Å²) >= 11 is 0. The lowest BCUT2D eigenvalue weighted by atomic mass is 10.1. The van der Waals surface area contributed by atoms with Crippen molar-refractivity contribution in [2.75, 3.05) is 27.4 Å². The van der Waals surface area contributed by atoms with Crippen LogP contribution in [0.1, 0.15) is 29.7 Å². The molecule has 2 aromatic carbocycles. The highest BCUT2D eigenvalue weighted by molar-refractivity contribution is 5.81. The standard InChI is InChI=1S/C22H27NO6/c1-14-7-6-8-15(2)22(14)29-13-21(25)28-12-20(24)23-16(3)18-11-17(26-4)9-10-19(18)27-5/h6-11,16H,12-13H2,1-5H3,(H,23,24). The molecule has 0 saturated heterocycles. The summed E-state index contributed by atoms with van der Waals surface area (Å²) in [7, 11) is 3.12. The highest BCUT2D eigenvalue weighted by Crippen LogP contribution is 2.29. The van der Waals surface area contributed by atoms with Gasteiger partial charge in [-0.1, -0.05) is 18.2 Å². The van der Waals surface area contributed by atoms with Gasteiger partial charge < -0.3 is 24.3 Å². The number of hydrogen-bond acceptors (Lipinski definition) is 6. The van der Waals surface area contributed by atoms with Crippen LogP contribution in [0, 0.1) is 13.8 Å². The van der Waals surface area contributed by atoms with Crippen molar-refractivity contribution >= 4 is 11.9 Å². The molecule has 29 heavy (non-hydrogen) atoms. The lowest BCUT2D eigenvalue weighted by molar-refractivity contribution is -0.150. The van der Waals surface area contributed by atoms with Gasteiger partial charge in [-0.05, 0) is 50.1 Å². The first-order chi connectivity index (χ1) is 13.8. The average Bonchev–Trinajstić information content (AvgIpc) is 2.71. The minimum absolute atomic E-state index is 0.266. The molecule has 2 aromatic rings. The monoisotopic (exact) mass is 401 g/mol. The van der Waals surface area contributed by atoms with E-state index in [4.69, 9.17) is 18.9 Å². The smallest absolute Gasteiger partial charge is 0.344 e. The molecule has 1 unspecified atom stereocenters. The molecule has 0 fully saturated rings. The van der Waals surface area contributed by atoms with E-state index in [9.17, 15) is 9.59 Å². The molecule has 1 atom stereocenters. The van der Waals surface area contributed by atoms with Crippen LogP contribution >= 0.6 is 0 Å². The Labute approximate surface area is 170 Å². The van der Waals surface area contributed by atoms with Gasteiger partial charge in [0.15, 0.2) is 13.2 Å². The molecule has 0 spiro atoms. The van der Waals surface area contributed by atoms with Gasteiger partial charge in [-0.2, -0.15) is 0 Å². The zero-order valence-electron chi connectivity index (χ0n) is 17.4. The quantitative estimate of drug-likeness (QED) is 0.650. The molecule has 0 aliphatic carbocycles. The zero-order valence-corrected chi connectivity index (χ0v) is 17.4. The number of methoxy groups -OCH3 is 2. The van der Waals surface area contributed by atoms with Gasteiger partial charge in [-0.25, -0.2) is 4.79 Å². The van der Waals surface area contributed by atoms with Crippen LogP contribution in [0.3, 0.4) is 0 Å². The third-order valence-electron chi connectivity index (χ3n) is 4.39. The molecule has 2 rings (SSSR count). The van der Waals surface area contributed by atoms with Crippen molar-refractivity contribution in [3.63, 3.8) is 0 Å². The number of aryl methyl sites for hydroxylation is 2. The summed E-state index contributed by atoms with van der Waals surface area (Å²) in [6.07, 6.45) is 0. The van der Waals surface area contributed by atoms with Crippen LogP contribution < -0.4 is 19.5 Å². The molecule has 0 bridgehead atoms. The highest BCUT2D eigenvalue weighted by atomic mass is 16.6. The van der Waals surface area contributed by atoms with Gasteiger partial charge in [0.1, 0.15) is 17.2 Å². The average molecular weight is 401 g/mol. The number of para-hydroxylation sites is 1. The maximum atomic E-state index is 12.2. The molecule has 0 aromatic heterocycles. The third kappa shape index (κ3) is 6.14. The Morgan fingerprint density at radius 2 is 1.69 bits per heavy atom. The van der Waals surface area contributed by atoms with E-state index in [0.29, 0.717) is 17.2 Å². The fourth-order valence-corrected chi connectivity index (χ4v) is 2.88. The first kappa shape index (κ1) is 22.1. The summed E-state index contributed by atoms with van der Waals surface area (Å²) in [5, 5.41) is 2.78. The second-order valence-corrected chi connectivity index (χ2v) is 6.57. The summed E-state index contributed by atoms with van der Waals surface area (Å²) in [5.41, 5.74) is 2.61. The van der Waals surface area contributed by atoms with Crippen molar-refractivity contribution < 1.29 is 28.5 Å². The zero-order chi connectivity index (χ0) is 21.4. The van der Waals surface area contributed by atoms with Crippen LogP contribution in [0.5, 0.6) is 17.2 Å². The molecule has 0 saturated carbocycles. The number of ether oxygens (including phenoxy) is 4.